The van der Waals surface area contributed by atoms with Crippen LogP contribution in [-0.4, -0.2) is 13.1 Å². The standard InChI is InChI=1S/C11H17ClN2/c1-3-14(4-2)11-6-5-9(8-13)7-10(11)12/h5-7H,3-4,8,13H2,1-2H3. The summed E-state index contributed by atoms with van der Waals surface area (Å²) in [5, 5.41) is 0.789. The largest absolute Gasteiger partial charge is 0.371 e. The summed E-state index contributed by atoms with van der Waals surface area (Å²) in [7, 11) is 0. The maximum Gasteiger partial charge on any atom is 0.0642 e. The first kappa shape index (κ1) is 11.3. The van der Waals surface area contributed by atoms with Gasteiger partial charge in [0.2, 0.25) is 0 Å². The second kappa shape index (κ2) is 5.23. The summed E-state index contributed by atoms with van der Waals surface area (Å²) >= 11 is 6.16. The van der Waals surface area contributed by atoms with Gasteiger partial charge in [0.05, 0.1) is 10.7 Å². The fraction of sp³-hybridized carbons (Fsp3) is 0.455. The van der Waals surface area contributed by atoms with E-state index in [2.05, 4.69) is 18.7 Å². The summed E-state index contributed by atoms with van der Waals surface area (Å²) in [5.74, 6) is 0. The summed E-state index contributed by atoms with van der Waals surface area (Å²) in [6.07, 6.45) is 0. The highest BCUT2D eigenvalue weighted by Gasteiger charge is 2.06. The first-order chi connectivity index (χ1) is 6.72. The van der Waals surface area contributed by atoms with Crippen molar-refractivity contribution in [3.63, 3.8) is 0 Å². The van der Waals surface area contributed by atoms with Crippen molar-refractivity contribution in [1.29, 1.82) is 0 Å². The maximum atomic E-state index is 6.16. The lowest BCUT2D eigenvalue weighted by Crippen LogP contribution is -2.22. The summed E-state index contributed by atoms with van der Waals surface area (Å²) in [4.78, 5) is 2.22. The van der Waals surface area contributed by atoms with Gasteiger partial charge >= 0.3 is 0 Å². The molecule has 0 aliphatic heterocycles. The van der Waals surface area contributed by atoms with Crippen molar-refractivity contribution in [2.45, 2.75) is 20.4 Å². The lowest BCUT2D eigenvalue weighted by Gasteiger charge is -2.22. The van der Waals surface area contributed by atoms with Gasteiger partial charge in [-0.05, 0) is 31.5 Å². The van der Waals surface area contributed by atoms with E-state index in [4.69, 9.17) is 17.3 Å². The van der Waals surface area contributed by atoms with Gasteiger partial charge in [-0.25, -0.2) is 0 Å². The number of benzene rings is 1. The second-order valence-electron chi connectivity index (χ2n) is 3.16. The van der Waals surface area contributed by atoms with Crippen molar-refractivity contribution in [3.8, 4) is 0 Å². The maximum absolute atomic E-state index is 6.16. The van der Waals surface area contributed by atoms with Gasteiger partial charge in [0.15, 0.2) is 0 Å². The van der Waals surface area contributed by atoms with Gasteiger partial charge in [0.25, 0.3) is 0 Å². The van der Waals surface area contributed by atoms with Crippen LogP contribution in [0.4, 0.5) is 5.69 Å². The fourth-order valence-electron chi connectivity index (χ4n) is 1.50. The first-order valence-electron chi connectivity index (χ1n) is 4.96. The van der Waals surface area contributed by atoms with Crippen LogP contribution >= 0.6 is 11.6 Å². The average molecular weight is 213 g/mol. The molecular weight excluding hydrogens is 196 g/mol. The molecule has 1 rings (SSSR count). The van der Waals surface area contributed by atoms with E-state index >= 15 is 0 Å². The molecule has 3 heteroatoms. The molecule has 1 aromatic rings. The van der Waals surface area contributed by atoms with Crippen LogP contribution in [0, 0.1) is 0 Å². The minimum Gasteiger partial charge on any atom is -0.371 e. The van der Waals surface area contributed by atoms with Crippen LogP contribution in [0.15, 0.2) is 18.2 Å². The average Bonchev–Trinajstić information content (AvgIpc) is 2.22. The first-order valence-corrected chi connectivity index (χ1v) is 5.34. The van der Waals surface area contributed by atoms with Crippen molar-refractivity contribution in [2.75, 3.05) is 18.0 Å². The smallest absolute Gasteiger partial charge is 0.0642 e. The molecule has 0 radical (unpaired) electrons. The fourth-order valence-corrected chi connectivity index (χ4v) is 1.82. The van der Waals surface area contributed by atoms with E-state index in [1.807, 2.05) is 18.2 Å². The summed E-state index contributed by atoms with van der Waals surface area (Å²) in [6.45, 7) is 6.72. The lowest BCUT2D eigenvalue weighted by atomic mass is 10.2. The highest BCUT2D eigenvalue weighted by atomic mass is 35.5. The highest BCUT2D eigenvalue weighted by Crippen LogP contribution is 2.26. The van der Waals surface area contributed by atoms with E-state index in [-0.39, 0.29) is 0 Å². The molecule has 0 atom stereocenters. The van der Waals surface area contributed by atoms with Crippen LogP contribution in [0.5, 0.6) is 0 Å². The molecule has 78 valence electrons. The minimum absolute atomic E-state index is 0.540. The van der Waals surface area contributed by atoms with Crippen LogP contribution in [0.2, 0.25) is 5.02 Å². The van der Waals surface area contributed by atoms with Crippen LogP contribution < -0.4 is 10.6 Å². The molecule has 0 aliphatic rings. The molecule has 0 fully saturated rings. The molecule has 2 nitrogen and oxygen atoms in total. The van der Waals surface area contributed by atoms with E-state index < -0.39 is 0 Å². The number of nitrogens with zero attached hydrogens (tertiary/aromatic N) is 1. The molecule has 0 amide bonds. The van der Waals surface area contributed by atoms with Crippen molar-refractivity contribution in [1.82, 2.24) is 0 Å². The zero-order valence-corrected chi connectivity index (χ0v) is 9.51. The normalized spacial score (nSPS) is 10.3. The van der Waals surface area contributed by atoms with Crippen LogP contribution in [-0.2, 0) is 6.54 Å². The number of hydrogen-bond acceptors (Lipinski definition) is 2. The molecule has 0 aromatic heterocycles. The molecule has 0 saturated carbocycles. The van der Waals surface area contributed by atoms with E-state index in [1.54, 1.807) is 0 Å². The SMILES string of the molecule is CCN(CC)c1ccc(CN)cc1Cl. The molecule has 0 bridgehead atoms. The number of hydrogen-bond donors (Lipinski definition) is 1. The Morgan fingerprint density at radius 2 is 1.93 bits per heavy atom. The highest BCUT2D eigenvalue weighted by molar-refractivity contribution is 6.33. The van der Waals surface area contributed by atoms with Crippen molar-refractivity contribution < 1.29 is 0 Å². The third-order valence-corrected chi connectivity index (χ3v) is 2.65. The van der Waals surface area contributed by atoms with E-state index in [0.717, 1.165) is 29.4 Å². The zero-order chi connectivity index (χ0) is 10.6. The molecule has 1 aromatic carbocycles. The molecule has 14 heavy (non-hydrogen) atoms. The molecule has 0 heterocycles. The molecule has 0 unspecified atom stereocenters. The Balaban J connectivity index is 2.98. The monoisotopic (exact) mass is 212 g/mol. The van der Waals surface area contributed by atoms with Crippen molar-refractivity contribution in [2.24, 2.45) is 5.73 Å². The zero-order valence-electron chi connectivity index (χ0n) is 8.76. The van der Waals surface area contributed by atoms with Crippen LogP contribution in [0.25, 0.3) is 0 Å². The van der Waals surface area contributed by atoms with Crippen molar-refractivity contribution >= 4 is 17.3 Å². The predicted octanol–water partition coefficient (Wildman–Crippen LogP) is 2.64. The van der Waals surface area contributed by atoms with Gasteiger partial charge in [0, 0.05) is 19.6 Å². The number of halogens is 1. The summed E-state index contributed by atoms with van der Waals surface area (Å²) in [5.41, 5.74) is 7.70. The Bertz CT molecular complexity index is 295. The quantitative estimate of drug-likeness (QED) is 0.832. The second-order valence-corrected chi connectivity index (χ2v) is 3.57. The van der Waals surface area contributed by atoms with Gasteiger partial charge in [-0.3, -0.25) is 0 Å². The summed E-state index contributed by atoms with van der Waals surface area (Å²) < 4.78 is 0. The molecule has 2 N–H and O–H groups in total. The third-order valence-electron chi connectivity index (χ3n) is 2.35. The van der Waals surface area contributed by atoms with Gasteiger partial charge in [-0.15, -0.1) is 0 Å². The molecule has 0 spiro atoms. The Hall–Kier alpha value is -0.730. The Labute approximate surface area is 90.7 Å². The Kier molecular flexibility index (Phi) is 4.23. The minimum atomic E-state index is 0.540. The molecule has 0 saturated heterocycles. The molecular formula is C11H17ClN2. The lowest BCUT2D eigenvalue weighted by molar-refractivity contribution is 0.865. The van der Waals surface area contributed by atoms with Crippen LogP contribution in [0.3, 0.4) is 0 Å². The van der Waals surface area contributed by atoms with Gasteiger partial charge < -0.3 is 10.6 Å². The van der Waals surface area contributed by atoms with Crippen molar-refractivity contribution in [3.05, 3.63) is 28.8 Å². The Morgan fingerprint density at radius 3 is 2.36 bits per heavy atom. The number of rotatable bonds is 4. The number of anilines is 1. The van der Waals surface area contributed by atoms with Crippen LogP contribution in [0.1, 0.15) is 19.4 Å². The van der Waals surface area contributed by atoms with Gasteiger partial charge in [0.1, 0.15) is 0 Å². The third kappa shape index (κ3) is 2.40. The van der Waals surface area contributed by atoms with E-state index in [1.165, 1.54) is 0 Å². The molecule has 0 aliphatic carbocycles. The van der Waals surface area contributed by atoms with E-state index in [9.17, 15) is 0 Å². The number of nitrogens with two attached hydrogens (primary N) is 1. The summed E-state index contributed by atoms with van der Waals surface area (Å²) in [6, 6.07) is 6.01. The topological polar surface area (TPSA) is 29.3 Å². The predicted molar refractivity (Wildman–Crippen MR) is 62.9 cm³/mol. The Morgan fingerprint density at radius 1 is 1.29 bits per heavy atom. The van der Waals surface area contributed by atoms with E-state index in [0.29, 0.717) is 6.54 Å². The van der Waals surface area contributed by atoms with Gasteiger partial charge in [-0.2, -0.15) is 0 Å². The van der Waals surface area contributed by atoms with Gasteiger partial charge in [-0.1, -0.05) is 17.7 Å².